The third-order valence-electron chi connectivity index (χ3n) is 11.8. The molecule has 0 bridgehead atoms. The highest BCUT2D eigenvalue weighted by Crippen LogP contribution is 2.42. The van der Waals surface area contributed by atoms with Crippen LogP contribution in [0.1, 0.15) is 5.56 Å². The van der Waals surface area contributed by atoms with Crippen molar-refractivity contribution in [3.8, 4) is 73.6 Å². The molecular formula is C56H32N6O. The van der Waals surface area contributed by atoms with Gasteiger partial charge >= 0.3 is 0 Å². The minimum absolute atomic E-state index is 0.566. The highest BCUT2D eigenvalue weighted by molar-refractivity contribution is 6.22. The largest absolute Gasteiger partial charge is 0.456 e. The van der Waals surface area contributed by atoms with E-state index in [-0.39, 0.29) is 0 Å². The highest BCUT2D eigenvalue weighted by Gasteiger charge is 2.18. The van der Waals surface area contributed by atoms with Crippen LogP contribution < -0.4 is 0 Å². The molecule has 12 aromatic rings. The summed E-state index contributed by atoms with van der Waals surface area (Å²) in [6, 6.07) is 63.9. The van der Waals surface area contributed by atoms with Crippen LogP contribution in [0.4, 0.5) is 0 Å². The molecule has 0 aliphatic carbocycles. The van der Waals surface area contributed by atoms with E-state index in [0.29, 0.717) is 23.0 Å². The number of pyridine rings is 2. The maximum atomic E-state index is 9.44. The molecule has 0 fully saturated rings. The minimum atomic E-state index is 0.566. The van der Waals surface area contributed by atoms with Gasteiger partial charge in [0.15, 0.2) is 17.5 Å². The maximum absolute atomic E-state index is 9.44. The summed E-state index contributed by atoms with van der Waals surface area (Å²) in [7, 11) is 0. The highest BCUT2D eigenvalue weighted by atomic mass is 16.3. The molecule has 0 saturated heterocycles. The number of hydrogen-bond acceptors (Lipinski definition) is 7. The summed E-state index contributed by atoms with van der Waals surface area (Å²) in [5.41, 5.74) is 12.9. The molecule has 0 aliphatic rings. The molecule has 0 saturated carbocycles. The smallest absolute Gasteiger partial charge is 0.164 e. The molecule has 7 heteroatoms. The van der Waals surface area contributed by atoms with Crippen LogP contribution in [0, 0.1) is 11.3 Å². The van der Waals surface area contributed by atoms with Gasteiger partial charge < -0.3 is 4.42 Å². The van der Waals surface area contributed by atoms with Gasteiger partial charge in [-0.3, -0.25) is 9.97 Å². The molecule has 0 amide bonds. The van der Waals surface area contributed by atoms with E-state index in [9.17, 15) is 5.26 Å². The van der Waals surface area contributed by atoms with Crippen LogP contribution in [0.2, 0.25) is 0 Å². The first-order valence-electron chi connectivity index (χ1n) is 20.7. The van der Waals surface area contributed by atoms with Gasteiger partial charge in [-0.15, -0.1) is 0 Å². The Kier molecular flexibility index (Phi) is 8.41. The van der Waals surface area contributed by atoms with Crippen molar-refractivity contribution in [2.75, 3.05) is 0 Å². The molecule has 0 radical (unpaired) electrons. The average Bonchev–Trinajstić information content (AvgIpc) is 3.74. The summed E-state index contributed by atoms with van der Waals surface area (Å²) >= 11 is 0. The number of fused-ring (bicyclic) bond motifs is 8. The van der Waals surface area contributed by atoms with E-state index in [1.54, 1.807) is 0 Å². The summed E-state index contributed by atoms with van der Waals surface area (Å²) in [4.78, 5) is 25.0. The molecule has 7 nitrogen and oxygen atoms in total. The van der Waals surface area contributed by atoms with Gasteiger partial charge in [-0.25, -0.2) is 15.0 Å². The molecule has 292 valence electrons. The zero-order valence-electron chi connectivity index (χ0n) is 33.6. The minimum Gasteiger partial charge on any atom is -0.456 e. The van der Waals surface area contributed by atoms with Crippen LogP contribution in [0.5, 0.6) is 0 Å². The molecular weight excluding hydrogens is 773 g/mol. The van der Waals surface area contributed by atoms with Crippen LogP contribution >= 0.6 is 0 Å². The average molecular weight is 805 g/mol. The Bertz CT molecular complexity index is 3810. The van der Waals surface area contributed by atoms with E-state index in [2.05, 4.69) is 97.1 Å². The van der Waals surface area contributed by atoms with Gasteiger partial charge in [-0.05, 0) is 99.8 Å². The molecule has 4 heterocycles. The predicted octanol–water partition coefficient (Wildman–Crippen LogP) is 13.9. The van der Waals surface area contributed by atoms with E-state index in [0.717, 1.165) is 105 Å². The van der Waals surface area contributed by atoms with Crippen LogP contribution in [-0.2, 0) is 0 Å². The van der Waals surface area contributed by atoms with Crippen molar-refractivity contribution in [2.45, 2.75) is 0 Å². The fraction of sp³-hybridized carbons (Fsp3) is 0. The monoisotopic (exact) mass is 804 g/mol. The normalized spacial score (nSPS) is 11.5. The third-order valence-corrected chi connectivity index (χ3v) is 11.8. The fourth-order valence-corrected chi connectivity index (χ4v) is 8.79. The second-order valence-electron chi connectivity index (χ2n) is 15.6. The molecule has 0 N–H and O–H groups in total. The molecule has 12 rings (SSSR count). The number of nitrogens with zero attached hydrogens (tertiary/aromatic N) is 6. The summed E-state index contributed by atoms with van der Waals surface area (Å²) < 4.78 is 6.26. The van der Waals surface area contributed by atoms with Gasteiger partial charge in [0.25, 0.3) is 0 Å². The first-order valence-corrected chi connectivity index (χ1v) is 20.7. The molecule has 0 unspecified atom stereocenters. The fourth-order valence-electron chi connectivity index (χ4n) is 8.79. The van der Waals surface area contributed by atoms with Crippen LogP contribution in [0.25, 0.3) is 122 Å². The third kappa shape index (κ3) is 6.25. The van der Waals surface area contributed by atoms with Crippen molar-refractivity contribution in [3.05, 3.63) is 200 Å². The van der Waals surface area contributed by atoms with Crippen molar-refractivity contribution in [1.82, 2.24) is 24.9 Å². The lowest BCUT2D eigenvalue weighted by Gasteiger charge is -2.15. The number of benzene rings is 8. The van der Waals surface area contributed by atoms with Crippen molar-refractivity contribution >= 4 is 54.5 Å². The summed E-state index contributed by atoms with van der Waals surface area (Å²) in [6.07, 6.45) is 3.69. The SMILES string of the molecule is N#Cc1ccc(-c2cc3c4cccnc4c(-c4cccc(-c5cccc(-c6nc(-c7ccccc7)nc(-c7ccc8c(c7)oc7ccccc78)n6)c5)c4)cc3c3cccnc23)cc1. The van der Waals surface area contributed by atoms with E-state index in [4.69, 9.17) is 29.3 Å². The number of aromatic nitrogens is 5. The van der Waals surface area contributed by atoms with Gasteiger partial charge in [-0.2, -0.15) is 5.26 Å². The van der Waals surface area contributed by atoms with Gasteiger partial charge in [-0.1, -0.05) is 115 Å². The van der Waals surface area contributed by atoms with E-state index in [1.165, 1.54) is 0 Å². The molecule has 4 aromatic heterocycles. The van der Waals surface area contributed by atoms with E-state index >= 15 is 0 Å². The predicted molar refractivity (Wildman–Crippen MR) is 253 cm³/mol. The number of hydrogen-bond donors (Lipinski definition) is 0. The number of rotatable bonds is 6. The van der Waals surface area contributed by atoms with E-state index in [1.807, 2.05) is 103 Å². The van der Waals surface area contributed by atoms with Crippen molar-refractivity contribution in [1.29, 1.82) is 5.26 Å². The zero-order chi connectivity index (χ0) is 41.9. The number of furan rings is 1. The molecule has 0 spiro atoms. The maximum Gasteiger partial charge on any atom is 0.164 e. The Morgan fingerprint density at radius 3 is 1.54 bits per heavy atom. The van der Waals surface area contributed by atoms with Gasteiger partial charge in [0.1, 0.15) is 11.2 Å². The Morgan fingerprint density at radius 2 is 0.857 bits per heavy atom. The molecule has 8 aromatic carbocycles. The standard InChI is InChI=1S/C56H32N6O/c57-33-34-20-22-35(23-21-34)46-31-48-45-18-9-27-59-53(45)47(32-49(48)44-17-8-26-58-52(44)46)39-14-6-12-37(28-39)38-13-7-15-40(29-38)55-60-54(36-10-2-1-3-11-36)61-56(62-55)41-24-25-43-42-16-4-5-19-50(42)63-51(43)30-41/h1-32H. The second-order valence-corrected chi connectivity index (χ2v) is 15.6. The Labute approximate surface area is 361 Å². The van der Waals surface area contributed by atoms with Gasteiger partial charge in [0, 0.05) is 61.8 Å². The summed E-state index contributed by atoms with van der Waals surface area (Å²) in [6.45, 7) is 0. The van der Waals surface area contributed by atoms with Crippen molar-refractivity contribution in [3.63, 3.8) is 0 Å². The number of nitriles is 1. The molecule has 0 atom stereocenters. The molecule has 0 aliphatic heterocycles. The first kappa shape index (κ1) is 36.0. The first-order chi connectivity index (χ1) is 31.1. The lowest BCUT2D eigenvalue weighted by molar-refractivity contribution is 0.669. The Balaban J connectivity index is 0.974. The van der Waals surface area contributed by atoms with E-state index < -0.39 is 0 Å². The van der Waals surface area contributed by atoms with Gasteiger partial charge in [0.2, 0.25) is 0 Å². The lowest BCUT2D eigenvalue weighted by Crippen LogP contribution is -2.00. The van der Waals surface area contributed by atoms with Crippen LogP contribution in [0.3, 0.4) is 0 Å². The quantitative estimate of drug-likeness (QED) is 0.154. The lowest BCUT2D eigenvalue weighted by atomic mass is 9.90. The summed E-state index contributed by atoms with van der Waals surface area (Å²) in [5.74, 6) is 1.73. The Morgan fingerprint density at radius 1 is 0.349 bits per heavy atom. The van der Waals surface area contributed by atoms with Crippen molar-refractivity contribution in [2.24, 2.45) is 0 Å². The van der Waals surface area contributed by atoms with Crippen LogP contribution in [-0.4, -0.2) is 24.9 Å². The second kappa shape index (κ2) is 14.7. The zero-order valence-corrected chi connectivity index (χ0v) is 33.6. The molecule has 63 heavy (non-hydrogen) atoms. The number of para-hydroxylation sites is 1. The topological polar surface area (TPSA) is 101 Å². The summed E-state index contributed by atoms with van der Waals surface area (Å²) in [5, 5.41) is 15.9. The van der Waals surface area contributed by atoms with Crippen LogP contribution in [0.15, 0.2) is 199 Å². The van der Waals surface area contributed by atoms with Crippen molar-refractivity contribution < 1.29 is 4.42 Å². The Hall–Kier alpha value is -8.86. The van der Waals surface area contributed by atoms with Gasteiger partial charge in [0.05, 0.1) is 22.7 Å².